The molecule has 0 N–H and O–H groups in total. The molecule has 1 unspecified atom stereocenters. The van der Waals surface area contributed by atoms with Crippen molar-refractivity contribution in [2.45, 2.75) is 5.25 Å². The molecule has 0 bridgehead atoms. The molecule has 0 aliphatic heterocycles. The van der Waals surface area contributed by atoms with E-state index >= 15 is 0 Å². The molecule has 2 heteroatoms. The maximum atomic E-state index is 8.82. The number of benzene rings is 2. The summed E-state index contributed by atoms with van der Waals surface area (Å²) in [5, 5.41) is 10.7. The van der Waals surface area contributed by atoms with Crippen LogP contribution in [0, 0.1) is 11.3 Å². The topological polar surface area (TPSA) is 23.8 Å². The highest BCUT2D eigenvalue weighted by molar-refractivity contribution is 7.80. The van der Waals surface area contributed by atoms with Crippen molar-refractivity contribution in [3.8, 4) is 6.07 Å². The van der Waals surface area contributed by atoms with Gasteiger partial charge in [0.25, 0.3) is 0 Å². The molecule has 14 heavy (non-hydrogen) atoms. The van der Waals surface area contributed by atoms with Gasteiger partial charge < -0.3 is 0 Å². The van der Waals surface area contributed by atoms with E-state index < -0.39 is 0 Å². The highest BCUT2D eigenvalue weighted by Gasteiger charge is 2.07. The van der Waals surface area contributed by atoms with E-state index in [1.807, 2.05) is 42.5 Å². The minimum absolute atomic E-state index is 0.346. The van der Waals surface area contributed by atoms with E-state index in [1.165, 1.54) is 0 Å². The van der Waals surface area contributed by atoms with Crippen LogP contribution in [0.5, 0.6) is 0 Å². The first-order valence-electron chi connectivity index (χ1n) is 4.38. The standard InChI is InChI=1S/C12H9NS/c13-8-12(14)11-7-3-5-9-4-1-2-6-10(9)11/h1-7,12,14H. The third kappa shape index (κ3) is 1.47. The Morgan fingerprint density at radius 2 is 1.79 bits per heavy atom. The van der Waals surface area contributed by atoms with Crippen molar-refractivity contribution in [1.82, 2.24) is 0 Å². The zero-order chi connectivity index (χ0) is 9.97. The van der Waals surface area contributed by atoms with Gasteiger partial charge in [-0.1, -0.05) is 42.5 Å². The molecule has 0 saturated carbocycles. The molecule has 2 aromatic carbocycles. The minimum Gasteiger partial charge on any atom is -0.197 e. The van der Waals surface area contributed by atoms with E-state index in [0.29, 0.717) is 0 Å². The first-order chi connectivity index (χ1) is 6.83. The fourth-order valence-corrected chi connectivity index (χ4v) is 1.78. The number of nitrogens with zero attached hydrogens (tertiary/aromatic N) is 1. The summed E-state index contributed by atoms with van der Waals surface area (Å²) in [4.78, 5) is 0. The lowest BCUT2D eigenvalue weighted by Gasteiger charge is -2.06. The average molecular weight is 199 g/mol. The van der Waals surface area contributed by atoms with Crippen LogP contribution < -0.4 is 0 Å². The molecule has 0 radical (unpaired) electrons. The highest BCUT2D eigenvalue weighted by atomic mass is 32.1. The molecule has 68 valence electrons. The predicted molar refractivity (Wildman–Crippen MR) is 61.3 cm³/mol. The van der Waals surface area contributed by atoms with Crippen molar-refractivity contribution in [2.75, 3.05) is 0 Å². The molecule has 0 heterocycles. The summed E-state index contributed by atoms with van der Waals surface area (Å²) in [6.07, 6.45) is 0. The van der Waals surface area contributed by atoms with E-state index in [-0.39, 0.29) is 5.25 Å². The van der Waals surface area contributed by atoms with Crippen LogP contribution in [-0.2, 0) is 0 Å². The summed E-state index contributed by atoms with van der Waals surface area (Å²) in [6, 6.07) is 16.1. The van der Waals surface area contributed by atoms with Crippen molar-refractivity contribution in [2.24, 2.45) is 0 Å². The Balaban J connectivity index is 2.72. The zero-order valence-corrected chi connectivity index (χ0v) is 8.41. The Hall–Kier alpha value is -1.46. The Kier molecular flexibility index (Phi) is 2.43. The van der Waals surface area contributed by atoms with Crippen molar-refractivity contribution < 1.29 is 0 Å². The molecular weight excluding hydrogens is 190 g/mol. The Bertz CT molecular complexity index is 494. The summed E-state index contributed by atoms with van der Waals surface area (Å²) in [5.41, 5.74) is 0.980. The largest absolute Gasteiger partial charge is 0.197 e. The fourth-order valence-electron chi connectivity index (χ4n) is 1.56. The van der Waals surface area contributed by atoms with Crippen molar-refractivity contribution >= 4 is 23.4 Å². The first-order valence-corrected chi connectivity index (χ1v) is 4.90. The van der Waals surface area contributed by atoms with Gasteiger partial charge in [-0.05, 0) is 16.3 Å². The molecule has 0 amide bonds. The van der Waals surface area contributed by atoms with Crippen LogP contribution in [0.15, 0.2) is 42.5 Å². The van der Waals surface area contributed by atoms with Crippen molar-refractivity contribution in [1.29, 1.82) is 5.26 Å². The van der Waals surface area contributed by atoms with Crippen LogP contribution in [0.4, 0.5) is 0 Å². The van der Waals surface area contributed by atoms with E-state index in [9.17, 15) is 0 Å². The number of fused-ring (bicyclic) bond motifs is 1. The Morgan fingerprint density at radius 3 is 2.57 bits per heavy atom. The predicted octanol–water partition coefficient (Wildman–Crippen LogP) is 3.33. The molecule has 1 nitrogen and oxygen atoms in total. The summed E-state index contributed by atoms with van der Waals surface area (Å²) in [6.45, 7) is 0. The van der Waals surface area contributed by atoms with Crippen molar-refractivity contribution in [3.63, 3.8) is 0 Å². The number of nitriles is 1. The summed E-state index contributed by atoms with van der Waals surface area (Å²) >= 11 is 4.23. The molecule has 2 aromatic rings. The van der Waals surface area contributed by atoms with Crippen LogP contribution in [0.3, 0.4) is 0 Å². The number of thiol groups is 1. The Labute approximate surface area is 88.4 Å². The van der Waals surface area contributed by atoms with Crippen LogP contribution in [0.2, 0.25) is 0 Å². The van der Waals surface area contributed by atoms with Gasteiger partial charge >= 0.3 is 0 Å². The number of hydrogen-bond acceptors (Lipinski definition) is 2. The van der Waals surface area contributed by atoms with Gasteiger partial charge in [0, 0.05) is 0 Å². The van der Waals surface area contributed by atoms with Gasteiger partial charge in [0.2, 0.25) is 0 Å². The normalized spacial score (nSPS) is 12.3. The van der Waals surface area contributed by atoms with Crippen LogP contribution in [-0.4, -0.2) is 0 Å². The quantitative estimate of drug-likeness (QED) is 0.700. The fraction of sp³-hybridized carbons (Fsp3) is 0.0833. The number of hydrogen-bond donors (Lipinski definition) is 1. The summed E-state index contributed by atoms with van der Waals surface area (Å²) in [5.74, 6) is 0. The molecule has 0 fully saturated rings. The van der Waals surface area contributed by atoms with Gasteiger partial charge in [0.15, 0.2) is 0 Å². The van der Waals surface area contributed by atoms with E-state index in [0.717, 1.165) is 16.3 Å². The van der Waals surface area contributed by atoms with Gasteiger partial charge in [-0.2, -0.15) is 17.9 Å². The highest BCUT2D eigenvalue weighted by Crippen LogP contribution is 2.27. The van der Waals surface area contributed by atoms with Gasteiger partial charge in [-0.3, -0.25) is 0 Å². The molecule has 0 spiro atoms. The second kappa shape index (κ2) is 3.73. The van der Waals surface area contributed by atoms with E-state index in [4.69, 9.17) is 5.26 Å². The second-order valence-electron chi connectivity index (χ2n) is 3.10. The smallest absolute Gasteiger partial charge is 0.114 e. The summed E-state index contributed by atoms with van der Waals surface area (Å²) < 4.78 is 0. The molecular formula is C12H9NS. The second-order valence-corrected chi connectivity index (χ2v) is 3.62. The van der Waals surface area contributed by atoms with Gasteiger partial charge in [-0.15, -0.1) is 0 Å². The van der Waals surface area contributed by atoms with E-state index in [1.54, 1.807) is 0 Å². The van der Waals surface area contributed by atoms with Gasteiger partial charge in [0.05, 0.1) is 6.07 Å². The van der Waals surface area contributed by atoms with Crippen molar-refractivity contribution in [3.05, 3.63) is 48.0 Å². The summed E-state index contributed by atoms with van der Waals surface area (Å²) in [7, 11) is 0. The SMILES string of the molecule is N#CC(S)c1cccc2ccccc12. The molecule has 0 saturated heterocycles. The van der Waals surface area contributed by atoms with Crippen LogP contribution in [0.1, 0.15) is 10.8 Å². The Morgan fingerprint density at radius 1 is 1.07 bits per heavy atom. The monoisotopic (exact) mass is 199 g/mol. The third-order valence-corrected chi connectivity index (χ3v) is 2.63. The molecule has 2 rings (SSSR count). The minimum atomic E-state index is -0.346. The maximum absolute atomic E-state index is 8.82. The van der Waals surface area contributed by atoms with Gasteiger partial charge in [0.1, 0.15) is 5.25 Å². The zero-order valence-electron chi connectivity index (χ0n) is 7.51. The van der Waals surface area contributed by atoms with Crippen LogP contribution in [0.25, 0.3) is 10.8 Å². The molecule has 0 aliphatic rings. The third-order valence-electron chi connectivity index (χ3n) is 2.24. The lowest BCUT2D eigenvalue weighted by molar-refractivity contribution is 1.26. The molecule has 1 atom stereocenters. The molecule has 0 aliphatic carbocycles. The number of rotatable bonds is 1. The van der Waals surface area contributed by atoms with Gasteiger partial charge in [-0.25, -0.2) is 0 Å². The van der Waals surface area contributed by atoms with Crippen LogP contribution >= 0.6 is 12.6 Å². The first kappa shape index (κ1) is 9.11. The van der Waals surface area contributed by atoms with E-state index in [2.05, 4.69) is 18.7 Å². The molecule has 0 aromatic heterocycles. The average Bonchev–Trinajstić information content (AvgIpc) is 2.27. The lowest BCUT2D eigenvalue weighted by atomic mass is 10.0. The lowest BCUT2D eigenvalue weighted by Crippen LogP contribution is -1.87. The maximum Gasteiger partial charge on any atom is 0.114 e.